The van der Waals surface area contributed by atoms with Gasteiger partial charge in [-0.05, 0) is 42.8 Å². The number of carbonyl (C=O) groups excluding carboxylic acids is 1. The lowest BCUT2D eigenvalue weighted by atomic mass is 10.0. The van der Waals surface area contributed by atoms with Crippen molar-refractivity contribution in [3.8, 4) is 0 Å². The van der Waals surface area contributed by atoms with E-state index in [1.165, 1.54) is 5.56 Å². The summed E-state index contributed by atoms with van der Waals surface area (Å²) in [6, 6.07) is 26.2. The normalized spacial score (nSPS) is 17.6. The Labute approximate surface area is 180 Å². The second kappa shape index (κ2) is 7.62. The van der Waals surface area contributed by atoms with E-state index in [1.807, 2.05) is 53.4 Å². The summed E-state index contributed by atoms with van der Waals surface area (Å²) in [5, 5.41) is 0.633. The highest BCUT2D eigenvalue weighted by molar-refractivity contribution is 6.30. The van der Waals surface area contributed by atoms with Crippen molar-refractivity contribution >= 4 is 34.2 Å². The third-order valence-corrected chi connectivity index (χ3v) is 6.14. The molecule has 1 saturated heterocycles. The van der Waals surface area contributed by atoms with Gasteiger partial charge in [0.05, 0.1) is 17.1 Å². The number of carbonyl (C=O) groups is 1. The van der Waals surface area contributed by atoms with Gasteiger partial charge in [0.15, 0.2) is 0 Å². The quantitative estimate of drug-likeness (QED) is 0.421. The number of halogens is 1. The molecule has 0 spiro atoms. The second-order valence-corrected chi connectivity index (χ2v) is 8.24. The van der Waals surface area contributed by atoms with Gasteiger partial charge >= 0.3 is 0 Å². The highest BCUT2D eigenvalue weighted by Crippen LogP contribution is 2.36. The Morgan fingerprint density at radius 1 is 1.00 bits per heavy atom. The molecule has 0 unspecified atom stereocenters. The lowest BCUT2D eigenvalue weighted by molar-refractivity contribution is -0.117. The summed E-state index contributed by atoms with van der Waals surface area (Å²) >= 11 is 6.16. The molecule has 5 heteroatoms. The number of nitrogens with zero attached hydrogens (tertiary/aromatic N) is 3. The van der Waals surface area contributed by atoms with E-state index in [0.717, 1.165) is 22.5 Å². The third kappa shape index (κ3) is 3.27. The fourth-order valence-corrected chi connectivity index (χ4v) is 4.60. The Balaban J connectivity index is 1.57. The van der Waals surface area contributed by atoms with Crippen LogP contribution in [0.5, 0.6) is 0 Å². The van der Waals surface area contributed by atoms with Crippen molar-refractivity contribution < 1.29 is 4.79 Å². The minimum atomic E-state index is 0.0232. The minimum Gasteiger partial charge on any atom is -0.320 e. The van der Waals surface area contributed by atoms with Crippen LogP contribution >= 0.6 is 11.6 Å². The number of para-hydroxylation sites is 2. The van der Waals surface area contributed by atoms with Crippen LogP contribution in [-0.4, -0.2) is 22.0 Å². The first-order chi connectivity index (χ1) is 14.6. The van der Waals surface area contributed by atoms with Crippen LogP contribution in [0.25, 0.3) is 11.0 Å². The average molecular weight is 416 g/mol. The Kier molecular flexibility index (Phi) is 4.80. The van der Waals surface area contributed by atoms with E-state index in [1.54, 1.807) is 0 Å². The van der Waals surface area contributed by atoms with Gasteiger partial charge in [0.1, 0.15) is 5.82 Å². The summed E-state index contributed by atoms with van der Waals surface area (Å²) in [5.74, 6) is 1.09. The molecule has 0 bridgehead atoms. The van der Waals surface area contributed by atoms with Crippen molar-refractivity contribution in [1.82, 2.24) is 9.55 Å². The SMILES string of the molecule is C[C@@H](c1ccccc1)n1c([C@H]2CC(=O)N(c3cccc(Cl)c3)C2)nc2ccccc21. The molecule has 2 atom stereocenters. The van der Waals surface area contributed by atoms with Crippen LogP contribution in [-0.2, 0) is 4.79 Å². The molecule has 0 radical (unpaired) electrons. The molecule has 0 saturated carbocycles. The van der Waals surface area contributed by atoms with E-state index in [0.29, 0.717) is 18.0 Å². The standard InChI is InChI=1S/C25H22ClN3O/c1-17(18-8-3-2-4-9-18)29-23-13-6-5-12-22(23)27-25(29)19-14-24(30)28(16-19)21-11-7-10-20(26)15-21/h2-13,15,17,19H,14,16H2,1H3/t17-,19-/m0/s1. The van der Waals surface area contributed by atoms with Crippen molar-refractivity contribution in [1.29, 1.82) is 0 Å². The molecule has 150 valence electrons. The molecule has 0 N–H and O–H groups in total. The smallest absolute Gasteiger partial charge is 0.227 e. The zero-order valence-electron chi connectivity index (χ0n) is 16.7. The van der Waals surface area contributed by atoms with Gasteiger partial charge in [-0.1, -0.05) is 60.1 Å². The van der Waals surface area contributed by atoms with Crippen molar-refractivity contribution in [3.05, 3.63) is 95.3 Å². The van der Waals surface area contributed by atoms with Crippen LogP contribution in [0, 0.1) is 0 Å². The molecular weight excluding hydrogens is 394 g/mol. The molecule has 1 aromatic heterocycles. The van der Waals surface area contributed by atoms with Crippen molar-refractivity contribution in [2.24, 2.45) is 0 Å². The molecule has 1 fully saturated rings. The first-order valence-electron chi connectivity index (χ1n) is 10.2. The maximum absolute atomic E-state index is 12.9. The number of aromatic nitrogens is 2. The maximum Gasteiger partial charge on any atom is 0.227 e. The molecule has 4 aromatic rings. The maximum atomic E-state index is 12.9. The summed E-state index contributed by atoms with van der Waals surface area (Å²) in [4.78, 5) is 19.7. The Hall–Kier alpha value is -3.11. The molecule has 1 amide bonds. The largest absolute Gasteiger partial charge is 0.320 e. The average Bonchev–Trinajstić information content (AvgIpc) is 3.34. The molecule has 3 aromatic carbocycles. The molecule has 0 aliphatic carbocycles. The molecule has 30 heavy (non-hydrogen) atoms. The van der Waals surface area contributed by atoms with Gasteiger partial charge < -0.3 is 9.47 Å². The lowest BCUT2D eigenvalue weighted by Gasteiger charge is -2.21. The summed E-state index contributed by atoms with van der Waals surface area (Å²) in [6.45, 7) is 2.79. The fourth-order valence-electron chi connectivity index (χ4n) is 4.41. The van der Waals surface area contributed by atoms with E-state index in [9.17, 15) is 4.79 Å². The van der Waals surface area contributed by atoms with E-state index in [-0.39, 0.29) is 17.9 Å². The number of rotatable bonds is 4. The number of benzene rings is 3. The van der Waals surface area contributed by atoms with Gasteiger partial charge in [0, 0.05) is 29.6 Å². The predicted octanol–water partition coefficient (Wildman–Crippen LogP) is 5.82. The number of fused-ring (bicyclic) bond motifs is 1. The summed E-state index contributed by atoms with van der Waals surface area (Å²) in [7, 11) is 0. The van der Waals surface area contributed by atoms with Gasteiger partial charge in [-0.3, -0.25) is 4.79 Å². The molecule has 4 nitrogen and oxygen atoms in total. The van der Waals surface area contributed by atoms with Gasteiger partial charge in [-0.2, -0.15) is 0 Å². The number of hydrogen-bond donors (Lipinski definition) is 0. The lowest BCUT2D eigenvalue weighted by Crippen LogP contribution is -2.24. The summed E-state index contributed by atoms with van der Waals surface area (Å²) < 4.78 is 2.30. The molecule has 2 heterocycles. The number of imidazole rings is 1. The van der Waals surface area contributed by atoms with E-state index < -0.39 is 0 Å². The highest BCUT2D eigenvalue weighted by Gasteiger charge is 2.35. The van der Waals surface area contributed by atoms with Crippen LogP contribution in [0.2, 0.25) is 5.02 Å². The Morgan fingerprint density at radius 2 is 1.77 bits per heavy atom. The summed E-state index contributed by atoms with van der Waals surface area (Å²) in [6.07, 6.45) is 0.442. The number of anilines is 1. The molecule has 1 aliphatic heterocycles. The zero-order valence-corrected chi connectivity index (χ0v) is 17.5. The van der Waals surface area contributed by atoms with Crippen molar-refractivity contribution in [3.63, 3.8) is 0 Å². The minimum absolute atomic E-state index is 0.0232. The monoisotopic (exact) mass is 415 g/mol. The molecule has 1 aliphatic rings. The van der Waals surface area contributed by atoms with Crippen LogP contribution in [0.4, 0.5) is 5.69 Å². The first-order valence-corrected chi connectivity index (χ1v) is 10.6. The van der Waals surface area contributed by atoms with E-state index in [4.69, 9.17) is 16.6 Å². The molecular formula is C25H22ClN3O. The molecule has 5 rings (SSSR count). The van der Waals surface area contributed by atoms with E-state index >= 15 is 0 Å². The van der Waals surface area contributed by atoms with Gasteiger partial charge in [0.25, 0.3) is 0 Å². The number of hydrogen-bond acceptors (Lipinski definition) is 2. The second-order valence-electron chi connectivity index (χ2n) is 7.80. The van der Waals surface area contributed by atoms with Gasteiger partial charge in [-0.25, -0.2) is 4.98 Å². The van der Waals surface area contributed by atoms with Crippen LogP contribution in [0.1, 0.15) is 36.7 Å². The van der Waals surface area contributed by atoms with Crippen LogP contribution in [0.3, 0.4) is 0 Å². The number of amides is 1. The van der Waals surface area contributed by atoms with Crippen LogP contribution < -0.4 is 4.90 Å². The van der Waals surface area contributed by atoms with Crippen molar-refractivity contribution in [2.75, 3.05) is 11.4 Å². The third-order valence-electron chi connectivity index (χ3n) is 5.90. The predicted molar refractivity (Wildman–Crippen MR) is 121 cm³/mol. The van der Waals surface area contributed by atoms with Gasteiger partial charge in [-0.15, -0.1) is 0 Å². The topological polar surface area (TPSA) is 38.1 Å². The Morgan fingerprint density at radius 3 is 2.57 bits per heavy atom. The highest BCUT2D eigenvalue weighted by atomic mass is 35.5. The Bertz CT molecular complexity index is 1220. The van der Waals surface area contributed by atoms with E-state index in [2.05, 4.69) is 41.8 Å². The first kappa shape index (κ1) is 18.9. The van der Waals surface area contributed by atoms with Crippen molar-refractivity contribution in [2.45, 2.75) is 25.3 Å². The summed E-state index contributed by atoms with van der Waals surface area (Å²) in [5.41, 5.74) is 4.12. The fraction of sp³-hybridized carbons (Fsp3) is 0.200. The van der Waals surface area contributed by atoms with Crippen LogP contribution in [0.15, 0.2) is 78.9 Å². The zero-order chi connectivity index (χ0) is 20.7. The van der Waals surface area contributed by atoms with Gasteiger partial charge in [0.2, 0.25) is 5.91 Å².